The van der Waals surface area contributed by atoms with E-state index in [2.05, 4.69) is 22.8 Å². The van der Waals surface area contributed by atoms with Crippen molar-refractivity contribution in [2.24, 2.45) is 0 Å². The van der Waals surface area contributed by atoms with E-state index in [-0.39, 0.29) is 12.1 Å². The van der Waals surface area contributed by atoms with E-state index >= 15 is 0 Å². The Morgan fingerprint density at radius 3 is 2.88 bits per heavy atom. The van der Waals surface area contributed by atoms with E-state index in [9.17, 15) is 4.39 Å². The summed E-state index contributed by atoms with van der Waals surface area (Å²) in [5.41, 5.74) is 2.46. The molecule has 3 heteroatoms. The molecule has 1 fully saturated rings. The van der Waals surface area contributed by atoms with Crippen molar-refractivity contribution < 1.29 is 4.39 Å². The highest BCUT2D eigenvalue weighted by Crippen LogP contribution is 2.30. The Kier molecular flexibility index (Phi) is 3.12. The maximum Gasteiger partial charge on any atom is 0.135 e. The molecule has 2 aliphatic heterocycles. The molecule has 1 aromatic carbocycles. The zero-order valence-corrected chi connectivity index (χ0v) is 9.95. The van der Waals surface area contributed by atoms with Crippen LogP contribution < -0.4 is 10.6 Å². The van der Waals surface area contributed by atoms with E-state index in [1.54, 1.807) is 0 Å². The van der Waals surface area contributed by atoms with E-state index in [1.807, 2.05) is 12.1 Å². The van der Waals surface area contributed by atoms with E-state index in [0.717, 1.165) is 37.9 Å². The summed E-state index contributed by atoms with van der Waals surface area (Å²) in [6.45, 7) is 1.84. The van der Waals surface area contributed by atoms with Crippen molar-refractivity contribution in [1.29, 1.82) is 0 Å². The quantitative estimate of drug-likeness (QED) is 0.817. The van der Waals surface area contributed by atoms with Gasteiger partial charge in [-0.1, -0.05) is 24.3 Å². The van der Waals surface area contributed by atoms with Gasteiger partial charge < -0.3 is 10.6 Å². The van der Waals surface area contributed by atoms with Gasteiger partial charge in [0.25, 0.3) is 0 Å². The van der Waals surface area contributed by atoms with Gasteiger partial charge in [-0.15, -0.1) is 0 Å². The van der Waals surface area contributed by atoms with Crippen LogP contribution in [0.3, 0.4) is 0 Å². The molecule has 0 spiro atoms. The molecule has 92 valence electrons. The fraction of sp³-hybridized carbons (Fsp3) is 0.571. The second-order valence-corrected chi connectivity index (χ2v) is 5.03. The number of fused-ring (bicyclic) bond motifs is 1. The SMILES string of the molecule is FC(C1CCCN1)C1NCCc2ccccc21. The van der Waals surface area contributed by atoms with Crippen molar-refractivity contribution in [2.75, 3.05) is 13.1 Å². The number of halogens is 1. The lowest BCUT2D eigenvalue weighted by atomic mass is 9.89. The lowest BCUT2D eigenvalue weighted by Crippen LogP contribution is -2.44. The summed E-state index contributed by atoms with van der Waals surface area (Å²) in [6.07, 6.45) is 2.25. The number of alkyl halides is 1. The maximum absolute atomic E-state index is 14.5. The monoisotopic (exact) mass is 234 g/mol. The Bertz CT molecular complexity index is 388. The molecule has 17 heavy (non-hydrogen) atoms. The van der Waals surface area contributed by atoms with Crippen LogP contribution in [0.25, 0.3) is 0 Å². The van der Waals surface area contributed by atoms with Gasteiger partial charge in [-0.05, 0) is 43.5 Å². The fourth-order valence-electron chi connectivity index (χ4n) is 3.04. The number of hydrogen-bond acceptors (Lipinski definition) is 2. The van der Waals surface area contributed by atoms with Crippen LogP contribution in [0.5, 0.6) is 0 Å². The molecule has 1 saturated heterocycles. The summed E-state index contributed by atoms with van der Waals surface area (Å²) >= 11 is 0. The van der Waals surface area contributed by atoms with Crippen LogP contribution in [-0.4, -0.2) is 25.3 Å². The average molecular weight is 234 g/mol. The predicted octanol–water partition coefficient (Wildman–Crippen LogP) is 1.96. The van der Waals surface area contributed by atoms with Gasteiger partial charge in [0.2, 0.25) is 0 Å². The third-order valence-corrected chi connectivity index (χ3v) is 3.95. The zero-order chi connectivity index (χ0) is 11.7. The minimum Gasteiger partial charge on any atom is -0.311 e. The van der Waals surface area contributed by atoms with Crippen molar-refractivity contribution >= 4 is 0 Å². The first kappa shape index (κ1) is 11.2. The standard InChI is InChI=1S/C14H19FN2/c15-13(12-6-3-8-16-12)14-11-5-2-1-4-10(11)7-9-17-14/h1-2,4-5,12-14,16-17H,3,6-9H2. The molecule has 2 heterocycles. The first-order chi connectivity index (χ1) is 8.36. The van der Waals surface area contributed by atoms with E-state index < -0.39 is 6.17 Å². The third-order valence-electron chi connectivity index (χ3n) is 3.95. The highest BCUT2D eigenvalue weighted by molar-refractivity contribution is 5.33. The third kappa shape index (κ3) is 2.09. The summed E-state index contributed by atoms with van der Waals surface area (Å²) in [5.74, 6) is 0. The van der Waals surface area contributed by atoms with Crippen molar-refractivity contribution in [3.8, 4) is 0 Å². The number of rotatable bonds is 2. The lowest BCUT2D eigenvalue weighted by Gasteiger charge is -2.32. The Hall–Kier alpha value is -0.930. The normalized spacial score (nSPS) is 29.9. The Balaban J connectivity index is 1.84. The molecule has 3 rings (SSSR count). The number of benzene rings is 1. The van der Waals surface area contributed by atoms with Gasteiger partial charge >= 0.3 is 0 Å². The summed E-state index contributed by atoms with van der Waals surface area (Å²) < 4.78 is 14.5. The summed E-state index contributed by atoms with van der Waals surface area (Å²) in [4.78, 5) is 0. The molecule has 2 nitrogen and oxygen atoms in total. The highest BCUT2D eigenvalue weighted by atomic mass is 19.1. The molecule has 0 amide bonds. The van der Waals surface area contributed by atoms with Crippen molar-refractivity contribution in [3.05, 3.63) is 35.4 Å². The van der Waals surface area contributed by atoms with Crippen molar-refractivity contribution in [3.63, 3.8) is 0 Å². The van der Waals surface area contributed by atoms with Gasteiger partial charge in [-0.2, -0.15) is 0 Å². The van der Waals surface area contributed by atoms with Crippen LogP contribution in [0.2, 0.25) is 0 Å². The molecule has 3 atom stereocenters. The topological polar surface area (TPSA) is 24.1 Å². The summed E-state index contributed by atoms with van der Waals surface area (Å²) in [5, 5.41) is 6.61. The summed E-state index contributed by atoms with van der Waals surface area (Å²) in [6, 6.07) is 8.14. The number of nitrogens with one attached hydrogen (secondary N) is 2. The van der Waals surface area contributed by atoms with Crippen LogP contribution in [0, 0.1) is 0 Å². The molecular weight excluding hydrogens is 215 g/mol. The van der Waals surface area contributed by atoms with Crippen LogP contribution in [0.4, 0.5) is 4.39 Å². The maximum atomic E-state index is 14.5. The van der Waals surface area contributed by atoms with Crippen LogP contribution in [-0.2, 0) is 6.42 Å². The van der Waals surface area contributed by atoms with Gasteiger partial charge in [0, 0.05) is 6.04 Å². The molecule has 0 saturated carbocycles. The fourth-order valence-corrected chi connectivity index (χ4v) is 3.04. The smallest absolute Gasteiger partial charge is 0.135 e. The second-order valence-electron chi connectivity index (χ2n) is 5.03. The minimum absolute atomic E-state index is 0.0265. The molecular formula is C14H19FN2. The molecule has 2 aliphatic rings. The number of hydrogen-bond donors (Lipinski definition) is 2. The predicted molar refractivity (Wildman–Crippen MR) is 66.8 cm³/mol. The first-order valence-electron chi connectivity index (χ1n) is 6.55. The van der Waals surface area contributed by atoms with Crippen molar-refractivity contribution in [2.45, 2.75) is 37.5 Å². The first-order valence-corrected chi connectivity index (χ1v) is 6.55. The van der Waals surface area contributed by atoms with Crippen molar-refractivity contribution in [1.82, 2.24) is 10.6 Å². The molecule has 0 aliphatic carbocycles. The van der Waals surface area contributed by atoms with Gasteiger partial charge in [-0.3, -0.25) is 0 Å². The van der Waals surface area contributed by atoms with Gasteiger partial charge in [-0.25, -0.2) is 4.39 Å². The van der Waals surface area contributed by atoms with Gasteiger partial charge in [0.1, 0.15) is 6.17 Å². The zero-order valence-electron chi connectivity index (χ0n) is 9.95. The highest BCUT2D eigenvalue weighted by Gasteiger charge is 2.34. The lowest BCUT2D eigenvalue weighted by molar-refractivity contribution is 0.195. The average Bonchev–Trinajstić information content (AvgIpc) is 2.91. The van der Waals surface area contributed by atoms with Crippen LogP contribution >= 0.6 is 0 Å². The van der Waals surface area contributed by atoms with E-state index in [0.29, 0.717) is 0 Å². The molecule has 0 aromatic heterocycles. The van der Waals surface area contributed by atoms with E-state index in [4.69, 9.17) is 0 Å². The molecule has 2 N–H and O–H groups in total. The Morgan fingerprint density at radius 2 is 2.06 bits per heavy atom. The molecule has 1 aromatic rings. The van der Waals surface area contributed by atoms with Gasteiger partial charge in [0.05, 0.1) is 6.04 Å². The summed E-state index contributed by atoms with van der Waals surface area (Å²) in [7, 11) is 0. The second kappa shape index (κ2) is 4.75. The van der Waals surface area contributed by atoms with Crippen LogP contribution in [0.1, 0.15) is 30.0 Å². The Labute approximate surface area is 102 Å². The molecule has 0 bridgehead atoms. The minimum atomic E-state index is -0.820. The van der Waals surface area contributed by atoms with E-state index in [1.165, 1.54) is 5.56 Å². The molecule has 0 radical (unpaired) electrons. The van der Waals surface area contributed by atoms with Gasteiger partial charge in [0.15, 0.2) is 0 Å². The van der Waals surface area contributed by atoms with Crippen LogP contribution in [0.15, 0.2) is 24.3 Å². The Morgan fingerprint density at radius 1 is 1.18 bits per heavy atom. The largest absolute Gasteiger partial charge is 0.311 e. The molecule has 3 unspecified atom stereocenters.